The minimum absolute atomic E-state index is 0.222. The lowest BCUT2D eigenvalue weighted by Crippen LogP contribution is -2.33. The third kappa shape index (κ3) is 4.40. The Kier molecular flexibility index (Phi) is 5.21. The summed E-state index contributed by atoms with van der Waals surface area (Å²) in [6.45, 7) is 0. The standard InChI is InChI=1S/C15H12BrClN2O/c16-13-3-1-2-11(10-13)8-9-18-19-15(20)12-4-6-14(17)7-5-12/h1-10,18H,(H,19,20)/b9-8+. The summed E-state index contributed by atoms with van der Waals surface area (Å²) in [4.78, 5) is 11.8. The summed E-state index contributed by atoms with van der Waals surface area (Å²) in [5.74, 6) is -0.222. The van der Waals surface area contributed by atoms with Crippen LogP contribution in [0.1, 0.15) is 15.9 Å². The molecule has 0 aromatic heterocycles. The normalized spacial score (nSPS) is 10.5. The molecule has 20 heavy (non-hydrogen) atoms. The Morgan fingerprint density at radius 1 is 1.15 bits per heavy atom. The molecule has 5 heteroatoms. The van der Waals surface area contributed by atoms with E-state index in [4.69, 9.17) is 11.6 Å². The number of halogens is 2. The van der Waals surface area contributed by atoms with Crippen LogP contribution in [0.5, 0.6) is 0 Å². The number of rotatable bonds is 4. The highest BCUT2D eigenvalue weighted by atomic mass is 79.9. The lowest BCUT2D eigenvalue weighted by molar-refractivity contribution is 0.0941. The van der Waals surface area contributed by atoms with Gasteiger partial charge in [-0.15, -0.1) is 0 Å². The van der Waals surface area contributed by atoms with Gasteiger partial charge in [-0.05, 0) is 48.0 Å². The molecule has 1 amide bonds. The Labute approximate surface area is 130 Å². The van der Waals surface area contributed by atoms with Crippen molar-refractivity contribution in [3.05, 3.63) is 75.4 Å². The van der Waals surface area contributed by atoms with E-state index in [2.05, 4.69) is 26.8 Å². The Hall–Kier alpha value is -1.78. The Bertz CT molecular complexity index is 626. The molecule has 102 valence electrons. The first-order valence-electron chi connectivity index (χ1n) is 5.89. The molecule has 0 spiro atoms. The first kappa shape index (κ1) is 14.6. The Balaban J connectivity index is 1.86. The number of hydrogen-bond acceptors (Lipinski definition) is 2. The molecule has 0 saturated heterocycles. The van der Waals surface area contributed by atoms with E-state index in [-0.39, 0.29) is 5.91 Å². The SMILES string of the molecule is O=C(NN/C=C/c1cccc(Br)c1)c1ccc(Cl)cc1. The molecular formula is C15H12BrClN2O. The van der Waals surface area contributed by atoms with E-state index in [0.29, 0.717) is 10.6 Å². The highest BCUT2D eigenvalue weighted by Crippen LogP contribution is 2.12. The summed E-state index contributed by atoms with van der Waals surface area (Å²) in [7, 11) is 0. The largest absolute Gasteiger partial charge is 0.306 e. The smallest absolute Gasteiger partial charge is 0.269 e. The molecule has 0 radical (unpaired) electrons. The zero-order chi connectivity index (χ0) is 14.4. The van der Waals surface area contributed by atoms with Crippen molar-refractivity contribution < 1.29 is 4.79 Å². The van der Waals surface area contributed by atoms with Crippen molar-refractivity contribution >= 4 is 39.5 Å². The fraction of sp³-hybridized carbons (Fsp3) is 0. The van der Waals surface area contributed by atoms with Crippen molar-refractivity contribution in [1.82, 2.24) is 10.9 Å². The number of hydrazine groups is 1. The van der Waals surface area contributed by atoms with Gasteiger partial charge in [-0.3, -0.25) is 10.2 Å². The predicted molar refractivity (Wildman–Crippen MR) is 85.2 cm³/mol. The number of carbonyl (C=O) groups excluding carboxylic acids is 1. The van der Waals surface area contributed by atoms with E-state index in [0.717, 1.165) is 10.0 Å². The van der Waals surface area contributed by atoms with Crippen LogP contribution in [0.2, 0.25) is 5.02 Å². The predicted octanol–water partition coefficient (Wildman–Crippen LogP) is 4.01. The molecule has 0 aliphatic heterocycles. The average molecular weight is 352 g/mol. The zero-order valence-corrected chi connectivity index (χ0v) is 12.8. The van der Waals surface area contributed by atoms with Crippen LogP contribution in [0.15, 0.2) is 59.2 Å². The lowest BCUT2D eigenvalue weighted by atomic mass is 10.2. The van der Waals surface area contributed by atoms with Gasteiger partial charge in [0.25, 0.3) is 5.91 Å². The zero-order valence-electron chi connectivity index (χ0n) is 10.4. The Morgan fingerprint density at radius 3 is 2.60 bits per heavy atom. The summed E-state index contributed by atoms with van der Waals surface area (Å²) in [6, 6.07) is 14.5. The second-order valence-electron chi connectivity index (χ2n) is 3.99. The van der Waals surface area contributed by atoms with Crippen LogP contribution >= 0.6 is 27.5 Å². The summed E-state index contributed by atoms with van der Waals surface area (Å²) in [5.41, 5.74) is 6.87. The van der Waals surface area contributed by atoms with Crippen LogP contribution in [0.4, 0.5) is 0 Å². The molecule has 0 saturated carbocycles. The molecule has 2 aromatic rings. The van der Waals surface area contributed by atoms with E-state index < -0.39 is 0 Å². The topological polar surface area (TPSA) is 41.1 Å². The number of benzene rings is 2. The maximum Gasteiger partial charge on any atom is 0.269 e. The van der Waals surface area contributed by atoms with Crippen molar-refractivity contribution in [3.8, 4) is 0 Å². The molecule has 0 atom stereocenters. The van der Waals surface area contributed by atoms with Crippen molar-refractivity contribution in [2.24, 2.45) is 0 Å². The third-order valence-corrected chi connectivity index (χ3v) is 3.25. The minimum Gasteiger partial charge on any atom is -0.306 e. The molecule has 0 aliphatic rings. The maximum atomic E-state index is 11.8. The first-order valence-corrected chi connectivity index (χ1v) is 7.06. The fourth-order valence-electron chi connectivity index (χ4n) is 1.53. The second kappa shape index (κ2) is 7.12. The van der Waals surface area contributed by atoms with E-state index in [1.807, 2.05) is 30.3 Å². The molecular weight excluding hydrogens is 340 g/mol. The van der Waals surface area contributed by atoms with Crippen molar-refractivity contribution in [3.63, 3.8) is 0 Å². The molecule has 2 N–H and O–H groups in total. The summed E-state index contributed by atoms with van der Waals surface area (Å²) in [5, 5.41) is 0.601. The highest BCUT2D eigenvalue weighted by Gasteiger charge is 2.02. The second-order valence-corrected chi connectivity index (χ2v) is 5.35. The van der Waals surface area contributed by atoms with Gasteiger partial charge in [0, 0.05) is 21.3 Å². The number of nitrogens with one attached hydrogen (secondary N) is 2. The molecule has 0 bridgehead atoms. The van der Waals surface area contributed by atoms with E-state index in [1.165, 1.54) is 0 Å². The van der Waals surface area contributed by atoms with Gasteiger partial charge in [-0.2, -0.15) is 0 Å². The van der Waals surface area contributed by atoms with Crippen LogP contribution in [0.25, 0.3) is 6.08 Å². The van der Waals surface area contributed by atoms with Gasteiger partial charge in [0.15, 0.2) is 0 Å². The van der Waals surface area contributed by atoms with Gasteiger partial charge in [0.1, 0.15) is 0 Å². The maximum absolute atomic E-state index is 11.8. The van der Waals surface area contributed by atoms with Gasteiger partial charge in [-0.25, -0.2) is 0 Å². The van der Waals surface area contributed by atoms with E-state index >= 15 is 0 Å². The highest BCUT2D eigenvalue weighted by molar-refractivity contribution is 9.10. The summed E-state index contributed by atoms with van der Waals surface area (Å²) in [6.07, 6.45) is 3.52. The fourth-order valence-corrected chi connectivity index (χ4v) is 2.07. The average Bonchev–Trinajstić information content (AvgIpc) is 2.44. The van der Waals surface area contributed by atoms with Crippen LogP contribution in [0, 0.1) is 0 Å². The third-order valence-electron chi connectivity index (χ3n) is 2.50. The number of hydrogen-bond donors (Lipinski definition) is 2. The van der Waals surface area contributed by atoms with Gasteiger partial charge < -0.3 is 5.43 Å². The van der Waals surface area contributed by atoms with Gasteiger partial charge in [-0.1, -0.05) is 39.7 Å². The lowest BCUT2D eigenvalue weighted by Gasteiger charge is -2.04. The first-order chi connectivity index (χ1) is 9.65. The molecule has 0 aliphatic carbocycles. The quantitative estimate of drug-likeness (QED) is 0.817. The monoisotopic (exact) mass is 350 g/mol. The van der Waals surface area contributed by atoms with E-state index in [9.17, 15) is 4.79 Å². The van der Waals surface area contributed by atoms with Crippen LogP contribution in [0.3, 0.4) is 0 Å². The van der Waals surface area contributed by atoms with Gasteiger partial charge >= 0.3 is 0 Å². The number of amides is 1. The van der Waals surface area contributed by atoms with Crippen LogP contribution in [-0.4, -0.2) is 5.91 Å². The van der Waals surface area contributed by atoms with Crippen molar-refractivity contribution in [2.45, 2.75) is 0 Å². The molecule has 2 rings (SSSR count). The summed E-state index contributed by atoms with van der Waals surface area (Å²) >= 11 is 9.16. The summed E-state index contributed by atoms with van der Waals surface area (Å²) < 4.78 is 1.00. The molecule has 0 fully saturated rings. The van der Waals surface area contributed by atoms with Crippen molar-refractivity contribution in [2.75, 3.05) is 0 Å². The van der Waals surface area contributed by atoms with Gasteiger partial charge in [0.05, 0.1) is 0 Å². The molecule has 0 unspecified atom stereocenters. The van der Waals surface area contributed by atoms with Crippen LogP contribution in [-0.2, 0) is 0 Å². The molecule has 0 heterocycles. The van der Waals surface area contributed by atoms with Crippen LogP contribution < -0.4 is 10.9 Å². The Morgan fingerprint density at radius 2 is 1.90 bits per heavy atom. The minimum atomic E-state index is -0.222. The van der Waals surface area contributed by atoms with Crippen molar-refractivity contribution in [1.29, 1.82) is 0 Å². The van der Waals surface area contributed by atoms with Gasteiger partial charge in [0.2, 0.25) is 0 Å². The molecule has 2 aromatic carbocycles. The molecule has 3 nitrogen and oxygen atoms in total. The number of carbonyl (C=O) groups is 1. The van der Waals surface area contributed by atoms with E-state index in [1.54, 1.807) is 30.5 Å².